The first-order chi connectivity index (χ1) is 13.7. The predicted molar refractivity (Wildman–Crippen MR) is 105 cm³/mol. The van der Waals surface area contributed by atoms with Gasteiger partial charge in [0.15, 0.2) is 5.82 Å². The Kier molecular flexibility index (Phi) is 6.17. The molecule has 3 heterocycles. The van der Waals surface area contributed by atoms with Gasteiger partial charge in [-0.3, -0.25) is 4.90 Å². The van der Waals surface area contributed by atoms with E-state index in [1.807, 2.05) is 16.8 Å². The van der Waals surface area contributed by atoms with Gasteiger partial charge in [0.25, 0.3) is 0 Å². The molecule has 0 N–H and O–H groups in total. The molecule has 0 radical (unpaired) electrons. The van der Waals surface area contributed by atoms with E-state index in [4.69, 9.17) is 4.74 Å². The molecule has 0 bridgehead atoms. The van der Waals surface area contributed by atoms with Crippen molar-refractivity contribution in [3.05, 3.63) is 35.9 Å². The van der Waals surface area contributed by atoms with E-state index in [2.05, 4.69) is 32.2 Å². The van der Waals surface area contributed by atoms with E-state index in [1.54, 1.807) is 0 Å². The predicted octanol–water partition coefficient (Wildman–Crippen LogP) is 2.65. The highest BCUT2D eigenvalue weighted by Crippen LogP contribution is 2.27. The second-order valence-electron chi connectivity index (χ2n) is 7.66. The Labute approximate surface area is 165 Å². The topological polar surface area (TPSA) is 59.3 Å². The fraction of sp³-hybridized carbons (Fsp3) is 0.650. The summed E-state index contributed by atoms with van der Waals surface area (Å²) < 4.78 is 20.9. The highest BCUT2D eigenvalue weighted by Gasteiger charge is 2.29. The van der Waals surface area contributed by atoms with Crippen LogP contribution in [-0.4, -0.2) is 64.0 Å². The standard InChI is InChI=1S/C20H29FN6O/c1-2-4-19(20-22-23-24-27(20)15-18-5-3-14-28-18)26-12-10-25(11-13-26)17-8-6-16(21)7-9-17/h6-9,18-19H,2-5,10-15H2,1H3. The van der Waals surface area contributed by atoms with Crippen LogP contribution in [0.2, 0.25) is 0 Å². The minimum Gasteiger partial charge on any atom is -0.376 e. The largest absolute Gasteiger partial charge is 0.376 e. The molecule has 1 aromatic carbocycles. The zero-order chi connectivity index (χ0) is 19.3. The highest BCUT2D eigenvalue weighted by molar-refractivity contribution is 5.46. The summed E-state index contributed by atoms with van der Waals surface area (Å²) in [4.78, 5) is 4.80. The fourth-order valence-corrected chi connectivity index (χ4v) is 4.25. The average Bonchev–Trinajstić information content (AvgIpc) is 3.40. The van der Waals surface area contributed by atoms with Crippen molar-refractivity contribution in [3.8, 4) is 0 Å². The quantitative estimate of drug-likeness (QED) is 0.727. The number of hydrogen-bond donors (Lipinski definition) is 0. The molecule has 8 heteroatoms. The molecule has 152 valence electrons. The fourth-order valence-electron chi connectivity index (χ4n) is 4.25. The molecule has 2 atom stereocenters. The van der Waals surface area contributed by atoms with Gasteiger partial charge in [-0.05, 0) is 54.0 Å². The van der Waals surface area contributed by atoms with Crippen LogP contribution in [0, 0.1) is 5.82 Å². The molecular weight excluding hydrogens is 359 g/mol. The molecule has 7 nitrogen and oxygen atoms in total. The third kappa shape index (κ3) is 4.33. The number of tetrazole rings is 1. The highest BCUT2D eigenvalue weighted by atomic mass is 19.1. The Bertz CT molecular complexity index is 737. The third-order valence-electron chi connectivity index (χ3n) is 5.77. The van der Waals surface area contributed by atoms with Gasteiger partial charge in [0.05, 0.1) is 18.7 Å². The second kappa shape index (κ2) is 8.96. The van der Waals surface area contributed by atoms with Gasteiger partial charge in [-0.25, -0.2) is 9.07 Å². The molecule has 0 amide bonds. The number of ether oxygens (including phenoxy) is 1. The number of hydrogen-bond acceptors (Lipinski definition) is 6. The zero-order valence-electron chi connectivity index (χ0n) is 16.5. The molecule has 0 saturated carbocycles. The van der Waals surface area contributed by atoms with Crippen LogP contribution < -0.4 is 4.90 Å². The maximum absolute atomic E-state index is 13.2. The van der Waals surface area contributed by atoms with Crippen LogP contribution in [0.3, 0.4) is 0 Å². The first-order valence-corrected chi connectivity index (χ1v) is 10.4. The second-order valence-corrected chi connectivity index (χ2v) is 7.66. The first-order valence-electron chi connectivity index (χ1n) is 10.4. The summed E-state index contributed by atoms with van der Waals surface area (Å²) in [5, 5.41) is 12.6. The van der Waals surface area contributed by atoms with Crippen molar-refractivity contribution in [2.45, 2.75) is 51.3 Å². The molecule has 2 saturated heterocycles. The van der Waals surface area contributed by atoms with Gasteiger partial charge < -0.3 is 9.64 Å². The summed E-state index contributed by atoms with van der Waals surface area (Å²) in [5.74, 6) is 0.760. The van der Waals surface area contributed by atoms with Crippen molar-refractivity contribution >= 4 is 5.69 Å². The van der Waals surface area contributed by atoms with Crippen LogP contribution in [0.5, 0.6) is 0 Å². The van der Waals surface area contributed by atoms with E-state index in [9.17, 15) is 4.39 Å². The molecule has 1 aromatic heterocycles. The lowest BCUT2D eigenvalue weighted by Crippen LogP contribution is -2.48. The van der Waals surface area contributed by atoms with Crippen molar-refractivity contribution in [3.63, 3.8) is 0 Å². The molecule has 0 spiro atoms. The minimum absolute atomic E-state index is 0.191. The zero-order valence-corrected chi connectivity index (χ0v) is 16.5. The Balaban J connectivity index is 1.43. The Morgan fingerprint density at radius 1 is 1.18 bits per heavy atom. The summed E-state index contributed by atoms with van der Waals surface area (Å²) in [6, 6.07) is 6.99. The normalized spacial score (nSPS) is 21.9. The molecular formula is C20H29FN6O. The summed E-state index contributed by atoms with van der Waals surface area (Å²) in [6.45, 7) is 7.49. The third-order valence-corrected chi connectivity index (χ3v) is 5.77. The van der Waals surface area contributed by atoms with E-state index in [-0.39, 0.29) is 18.0 Å². The lowest BCUT2D eigenvalue weighted by Gasteiger charge is -2.39. The average molecular weight is 388 g/mol. The molecule has 2 fully saturated rings. The molecule has 4 rings (SSSR count). The molecule has 2 aromatic rings. The maximum atomic E-state index is 13.2. The van der Waals surface area contributed by atoms with E-state index in [0.29, 0.717) is 0 Å². The maximum Gasteiger partial charge on any atom is 0.168 e. The monoisotopic (exact) mass is 388 g/mol. The van der Waals surface area contributed by atoms with Crippen LogP contribution in [0.15, 0.2) is 24.3 Å². The van der Waals surface area contributed by atoms with Crippen LogP contribution in [0.25, 0.3) is 0 Å². The van der Waals surface area contributed by atoms with Crippen molar-refractivity contribution < 1.29 is 9.13 Å². The molecule has 2 unspecified atom stereocenters. The lowest BCUT2D eigenvalue weighted by molar-refractivity contribution is 0.0891. The molecule has 28 heavy (non-hydrogen) atoms. The van der Waals surface area contributed by atoms with Crippen molar-refractivity contribution in [2.75, 3.05) is 37.7 Å². The van der Waals surface area contributed by atoms with Crippen LogP contribution in [-0.2, 0) is 11.3 Å². The number of rotatable bonds is 7. The number of nitrogens with zero attached hydrogens (tertiary/aromatic N) is 6. The van der Waals surface area contributed by atoms with E-state index < -0.39 is 0 Å². The van der Waals surface area contributed by atoms with Gasteiger partial charge in [0.1, 0.15) is 5.82 Å². The van der Waals surface area contributed by atoms with Crippen molar-refractivity contribution in [1.82, 2.24) is 25.1 Å². The first kappa shape index (κ1) is 19.3. The van der Waals surface area contributed by atoms with E-state index in [1.165, 1.54) is 12.1 Å². The number of halogens is 1. The van der Waals surface area contributed by atoms with Crippen LogP contribution >= 0.6 is 0 Å². The van der Waals surface area contributed by atoms with Gasteiger partial charge in [0, 0.05) is 38.5 Å². The van der Waals surface area contributed by atoms with E-state index in [0.717, 1.165) is 76.5 Å². The number of piperazine rings is 1. The van der Waals surface area contributed by atoms with Crippen molar-refractivity contribution in [1.29, 1.82) is 0 Å². The smallest absolute Gasteiger partial charge is 0.168 e. The van der Waals surface area contributed by atoms with Crippen LogP contribution in [0.4, 0.5) is 10.1 Å². The molecule has 2 aliphatic heterocycles. The number of aromatic nitrogens is 4. The molecule has 0 aliphatic carbocycles. The lowest BCUT2D eigenvalue weighted by atomic mass is 10.1. The molecule has 2 aliphatic rings. The van der Waals surface area contributed by atoms with Crippen LogP contribution in [0.1, 0.15) is 44.5 Å². The summed E-state index contributed by atoms with van der Waals surface area (Å²) >= 11 is 0. The van der Waals surface area contributed by atoms with Gasteiger partial charge in [-0.15, -0.1) is 5.10 Å². The summed E-state index contributed by atoms with van der Waals surface area (Å²) in [7, 11) is 0. The van der Waals surface area contributed by atoms with Gasteiger partial charge in [0.2, 0.25) is 0 Å². The Hall–Kier alpha value is -2.06. The SMILES string of the molecule is CCCC(c1nnnn1CC1CCCO1)N1CCN(c2ccc(F)cc2)CC1. The van der Waals surface area contributed by atoms with E-state index >= 15 is 0 Å². The summed E-state index contributed by atoms with van der Waals surface area (Å²) in [5.41, 5.74) is 1.08. The van der Waals surface area contributed by atoms with Crippen molar-refractivity contribution in [2.24, 2.45) is 0 Å². The Morgan fingerprint density at radius 3 is 2.64 bits per heavy atom. The summed E-state index contributed by atoms with van der Waals surface area (Å²) in [6.07, 6.45) is 4.53. The number of anilines is 1. The van der Waals surface area contributed by atoms with Gasteiger partial charge >= 0.3 is 0 Å². The van der Waals surface area contributed by atoms with Gasteiger partial charge in [-0.2, -0.15) is 0 Å². The minimum atomic E-state index is -0.191. The Morgan fingerprint density at radius 2 is 1.96 bits per heavy atom. The number of benzene rings is 1. The van der Waals surface area contributed by atoms with Gasteiger partial charge in [-0.1, -0.05) is 13.3 Å².